The van der Waals surface area contributed by atoms with Gasteiger partial charge in [-0.1, -0.05) is 97.1 Å². The van der Waals surface area contributed by atoms with Gasteiger partial charge in [-0.25, -0.2) is 17.9 Å². The number of piperidine rings is 1. The molecule has 0 radical (unpaired) electrons. The van der Waals surface area contributed by atoms with E-state index in [0.29, 0.717) is 35.1 Å². The van der Waals surface area contributed by atoms with Gasteiger partial charge in [-0.2, -0.15) is 5.10 Å². The Morgan fingerprint density at radius 2 is 1.30 bits per heavy atom. The quantitative estimate of drug-likeness (QED) is 0.143. The number of nitrogens with zero attached hydrogens (tertiary/aromatic N) is 3. The van der Waals surface area contributed by atoms with Crippen molar-refractivity contribution in [2.45, 2.75) is 18.4 Å². The number of rotatable bonds is 7. The number of halogens is 3. The SMILES string of the molecule is CN1CCC(C(=O)Nc2nn(C(c3ccccc3)(c3ccccc3)c3ccccc3)c3ccc(-c4ccc(F)c(F)c4F)cc23)CC1. The number of likely N-dealkylation sites (tertiary alicyclic amines) is 1. The Morgan fingerprint density at radius 1 is 0.745 bits per heavy atom. The molecule has 1 aliphatic rings. The molecule has 0 aliphatic carbocycles. The maximum atomic E-state index is 15.1. The zero-order valence-corrected chi connectivity index (χ0v) is 25.8. The lowest BCUT2D eigenvalue weighted by Crippen LogP contribution is -2.39. The van der Waals surface area contributed by atoms with Gasteiger partial charge in [-0.15, -0.1) is 0 Å². The Bertz CT molecular complexity index is 1940. The van der Waals surface area contributed by atoms with Crippen LogP contribution in [0.25, 0.3) is 22.0 Å². The second-order valence-electron chi connectivity index (χ2n) is 12.1. The third-order valence-corrected chi connectivity index (χ3v) is 9.25. The molecule has 1 N–H and O–H groups in total. The number of hydrogen-bond acceptors (Lipinski definition) is 3. The molecule has 0 unspecified atom stereocenters. The van der Waals surface area contributed by atoms with E-state index in [2.05, 4.69) is 46.6 Å². The summed E-state index contributed by atoms with van der Waals surface area (Å²) >= 11 is 0. The summed E-state index contributed by atoms with van der Waals surface area (Å²) in [5.41, 5.74) is 2.71. The topological polar surface area (TPSA) is 50.2 Å². The van der Waals surface area contributed by atoms with E-state index < -0.39 is 23.0 Å². The Morgan fingerprint density at radius 3 is 1.85 bits per heavy atom. The van der Waals surface area contributed by atoms with Crippen LogP contribution in [-0.4, -0.2) is 40.7 Å². The summed E-state index contributed by atoms with van der Waals surface area (Å²) in [4.78, 5) is 15.9. The van der Waals surface area contributed by atoms with E-state index in [1.54, 1.807) is 18.2 Å². The lowest BCUT2D eigenvalue weighted by atomic mass is 9.77. The molecule has 0 saturated carbocycles. The normalized spacial score (nSPS) is 14.4. The molecule has 1 fully saturated rings. The van der Waals surface area contributed by atoms with E-state index in [9.17, 15) is 13.6 Å². The fourth-order valence-corrected chi connectivity index (χ4v) is 6.78. The lowest BCUT2D eigenvalue weighted by molar-refractivity contribution is -0.121. The Hall–Kier alpha value is -5.21. The van der Waals surface area contributed by atoms with Gasteiger partial charge in [0.2, 0.25) is 5.91 Å². The van der Waals surface area contributed by atoms with E-state index in [0.717, 1.165) is 35.8 Å². The molecule has 0 bridgehead atoms. The van der Waals surface area contributed by atoms with Gasteiger partial charge in [0.25, 0.3) is 0 Å². The monoisotopic (exact) mass is 630 g/mol. The molecule has 5 aromatic carbocycles. The third-order valence-electron chi connectivity index (χ3n) is 9.25. The van der Waals surface area contributed by atoms with Crippen LogP contribution < -0.4 is 5.32 Å². The maximum absolute atomic E-state index is 15.1. The van der Waals surface area contributed by atoms with Crippen LogP contribution in [0.5, 0.6) is 0 Å². The molecule has 1 aliphatic heterocycles. The average Bonchev–Trinajstić information content (AvgIpc) is 3.46. The van der Waals surface area contributed by atoms with Crippen LogP contribution in [-0.2, 0) is 10.3 Å². The van der Waals surface area contributed by atoms with Crippen molar-refractivity contribution in [1.29, 1.82) is 0 Å². The van der Waals surface area contributed by atoms with Crippen molar-refractivity contribution in [2.75, 3.05) is 25.5 Å². The van der Waals surface area contributed by atoms with Crippen molar-refractivity contribution in [2.24, 2.45) is 5.92 Å². The predicted molar refractivity (Wildman–Crippen MR) is 178 cm³/mol. The predicted octanol–water partition coefficient (Wildman–Crippen LogP) is 8.24. The van der Waals surface area contributed by atoms with Crippen molar-refractivity contribution < 1.29 is 18.0 Å². The van der Waals surface area contributed by atoms with Crippen LogP contribution in [0.3, 0.4) is 0 Å². The molecule has 0 atom stereocenters. The number of fused-ring (bicyclic) bond motifs is 1. The van der Waals surface area contributed by atoms with Crippen molar-refractivity contribution in [3.05, 3.63) is 155 Å². The van der Waals surface area contributed by atoms with Gasteiger partial charge in [0.05, 0.1) is 5.52 Å². The standard InChI is InChI=1S/C39H33F3N4O/c1-45-23-21-26(22-24-45)38(47)43-37-32-25-27(31-18-19-33(40)36(42)35(31)41)17-20-34(32)46(44-37)39(28-11-5-2-6-12-28,29-13-7-3-8-14-29)30-15-9-4-10-16-30/h2-20,25-26H,21-24H2,1H3,(H,43,44,47). The highest BCUT2D eigenvalue weighted by Gasteiger charge is 2.41. The molecule has 236 valence electrons. The summed E-state index contributed by atoms with van der Waals surface area (Å²) in [6, 6.07) is 37.4. The molecule has 2 heterocycles. The van der Waals surface area contributed by atoms with Gasteiger partial charge in [0.1, 0.15) is 5.54 Å². The van der Waals surface area contributed by atoms with E-state index >= 15 is 4.39 Å². The molecule has 6 aromatic rings. The number of carbonyl (C=O) groups is 1. The van der Waals surface area contributed by atoms with E-state index in [4.69, 9.17) is 5.10 Å². The van der Waals surface area contributed by atoms with Gasteiger partial charge < -0.3 is 10.2 Å². The second-order valence-corrected chi connectivity index (χ2v) is 12.1. The molecule has 1 aromatic heterocycles. The minimum absolute atomic E-state index is 0.0911. The van der Waals surface area contributed by atoms with Crippen molar-refractivity contribution in [3.8, 4) is 11.1 Å². The summed E-state index contributed by atoms with van der Waals surface area (Å²) in [5, 5.41) is 8.83. The third kappa shape index (κ3) is 5.38. The summed E-state index contributed by atoms with van der Waals surface area (Å²) in [6.45, 7) is 1.62. The molecular weight excluding hydrogens is 597 g/mol. The molecule has 8 heteroatoms. The largest absolute Gasteiger partial charge is 0.308 e. The molecule has 1 saturated heterocycles. The number of anilines is 1. The molecule has 47 heavy (non-hydrogen) atoms. The highest BCUT2D eigenvalue weighted by atomic mass is 19.2. The maximum Gasteiger partial charge on any atom is 0.228 e. The van der Waals surface area contributed by atoms with Crippen molar-refractivity contribution in [1.82, 2.24) is 14.7 Å². The highest BCUT2D eigenvalue weighted by molar-refractivity contribution is 6.02. The average molecular weight is 631 g/mol. The fourth-order valence-electron chi connectivity index (χ4n) is 6.78. The van der Waals surface area contributed by atoms with Crippen LogP contribution >= 0.6 is 0 Å². The highest BCUT2D eigenvalue weighted by Crippen LogP contribution is 2.44. The molecule has 5 nitrogen and oxygen atoms in total. The first kappa shape index (κ1) is 30.4. The van der Waals surface area contributed by atoms with Gasteiger partial charge in [0.15, 0.2) is 23.3 Å². The zero-order chi connectivity index (χ0) is 32.5. The van der Waals surface area contributed by atoms with E-state index in [1.165, 1.54) is 6.07 Å². The van der Waals surface area contributed by atoms with Crippen molar-refractivity contribution in [3.63, 3.8) is 0 Å². The van der Waals surface area contributed by atoms with Crippen LogP contribution in [0.4, 0.5) is 19.0 Å². The number of hydrogen-bond donors (Lipinski definition) is 1. The number of aromatic nitrogens is 2. The van der Waals surface area contributed by atoms with Gasteiger partial charge >= 0.3 is 0 Å². The molecule has 1 amide bonds. The van der Waals surface area contributed by atoms with E-state index in [1.807, 2.05) is 66.3 Å². The van der Waals surface area contributed by atoms with Gasteiger partial charge in [-0.05, 0) is 79.5 Å². The number of benzene rings is 5. The molecular formula is C39H33F3N4O. The van der Waals surface area contributed by atoms with Gasteiger partial charge in [0, 0.05) is 16.9 Å². The first-order valence-corrected chi connectivity index (χ1v) is 15.7. The first-order valence-electron chi connectivity index (χ1n) is 15.7. The summed E-state index contributed by atoms with van der Waals surface area (Å²) in [6.07, 6.45) is 1.43. The number of amides is 1. The Labute approximate surface area is 271 Å². The molecule has 0 spiro atoms. The fraction of sp³-hybridized carbons (Fsp3) is 0.179. The summed E-state index contributed by atoms with van der Waals surface area (Å²) in [5.74, 6) is -4.10. The van der Waals surface area contributed by atoms with Crippen LogP contribution in [0.1, 0.15) is 29.5 Å². The van der Waals surface area contributed by atoms with E-state index in [-0.39, 0.29) is 17.4 Å². The van der Waals surface area contributed by atoms with Crippen LogP contribution in [0.15, 0.2) is 121 Å². The van der Waals surface area contributed by atoms with Crippen LogP contribution in [0.2, 0.25) is 0 Å². The Kier molecular flexibility index (Phi) is 8.12. The lowest BCUT2D eigenvalue weighted by Gasteiger charge is -2.37. The Balaban J connectivity index is 1.51. The molecule has 7 rings (SSSR count). The zero-order valence-electron chi connectivity index (χ0n) is 25.8. The first-order chi connectivity index (χ1) is 22.9. The summed E-state index contributed by atoms with van der Waals surface area (Å²) < 4.78 is 45.2. The number of carbonyl (C=O) groups excluding carboxylic acids is 1. The minimum Gasteiger partial charge on any atom is -0.308 e. The summed E-state index contributed by atoms with van der Waals surface area (Å²) in [7, 11) is 2.04. The number of nitrogens with one attached hydrogen (secondary N) is 1. The smallest absolute Gasteiger partial charge is 0.228 e. The van der Waals surface area contributed by atoms with Gasteiger partial charge in [-0.3, -0.25) is 4.79 Å². The second kappa shape index (κ2) is 12.5. The minimum atomic E-state index is -1.54. The van der Waals surface area contributed by atoms with Crippen LogP contribution in [0, 0.1) is 23.4 Å². The van der Waals surface area contributed by atoms with Crippen molar-refractivity contribution >= 4 is 22.6 Å².